The molecule has 136 valence electrons. The minimum absolute atomic E-state index is 0.0814. The number of hydrogen-bond donors (Lipinski definition) is 3. The molecule has 1 rings (SSSR count). The summed E-state index contributed by atoms with van der Waals surface area (Å²) < 4.78 is 0. The van der Waals surface area contributed by atoms with Crippen LogP contribution < -0.4 is 16.0 Å². The van der Waals surface area contributed by atoms with E-state index in [-0.39, 0.29) is 24.0 Å². The molecular weight excluding hydrogens is 322 g/mol. The predicted octanol–water partition coefficient (Wildman–Crippen LogP) is 1.82. The molecule has 7 heteroatoms. The highest BCUT2D eigenvalue weighted by atomic mass is 32.1. The zero-order chi connectivity index (χ0) is 18.2. The smallest absolute Gasteiger partial charge is 0.242 e. The molecule has 0 aliphatic heterocycles. The first-order valence-electron chi connectivity index (χ1n) is 8.26. The molecule has 1 aromatic heterocycles. The number of amides is 1. The number of aliphatic imine (C=N–C) groups is 1. The van der Waals surface area contributed by atoms with E-state index in [1.165, 1.54) is 4.88 Å². The molecule has 0 fully saturated rings. The molecule has 1 atom stereocenters. The maximum atomic E-state index is 11.9. The van der Waals surface area contributed by atoms with Crippen molar-refractivity contribution < 1.29 is 4.79 Å². The Morgan fingerprint density at radius 3 is 2.54 bits per heavy atom. The molecule has 0 saturated heterocycles. The van der Waals surface area contributed by atoms with Crippen molar-refractivity contribution in [2.45, 2.75) is 39.3 Å². The van der Waals surface area contributed by atoms with E-state index in [4.69, 9.17) is 0 Å². The molecule has 1 aromatic rings. The van der Waals surface area contributed by atoms with Gasteiger partial charge in [-0.3, -0.25) is 4.79 Å². The Labute approximate surface area is 149 Å². The molecule has 0 saturated carbocycles. The van der Waals surface area contributed by atoms with E-state index in [9.17, 15) is 4.79 Å². The number of likely N-dealkylation sites (N-methyl/N-ethyl adjacent to an activating group) is 1. The number of rotatable bonds is 7. The SMILES string of the molecule is CCNC(=NCC(=O)NC(C)(C)C)NCC(c1cccs1)N(C)C. The summed E-state index contributed by atoms with van der Waals surface area (Å²) in [6.07, 6.45) is 0. The lowest BCUT2D eigenvalue weighted by atomic mass is 10.1. The topological polar surface area (TPSA) is 68.8 Å². The Morgan fingerprint density at radius 1 is 1.33 bits per heavy atom. The lowest BCUT2D eigenvalue weighted by molar-refractivity contribution is -0.121. The van der Waals surface area contributed by atoms with Gasteiger partial charge < -0.3 is 20.9 Å². The van der Waals surface area contributed by atoms with Gasteiger partial charge in [0.05, 0.1) is 6.04 Å². The quantitative estimate of drug-likeness (QED) is 0.517. The summed E-state index contributed by atoms with van der Waals surface area (Å²) in [5.41, 5.74) is -0.242. The molecule has 3 N–H and O–H groups in total. The fourth-order valence-corrected chi connectivity index (χ4v) is 3.08. The van der Waals surface area contributed by atoms with Crippen LogP contribution in [0.25, 0.3) is 0 Å². The van der Waals surface area contributed by atoms with E-state index >= 15 is 0 Å². The van der Waals surface area contributed by atoms with Gasteiger partial charge in [0.2, 0.25) is 5.91 Å². The van der Waals surface area contributed by atoms with Crippen molar-refractivity contribution in [3.8, 4) is 0 Å². The van der Waals surface area contributed by atoms with Crippen LogP contribution in [0.15, 0.2) is 22.5 Å². The zero-order valence-corrected chi connectivity index (χ0v) is 16.5. The second-order valence-electron chi connectivity index (χ2n) is 6.87. The van der Waals surface area contributed by atoms with Gasteiger partial charge in [-0.05, 0) is 53.2 Å². The van der Waals surface area contributed by atoms with Gasteiger partial charge in [-0.2, -0.15) is 0 Å². The molecule has 0 bridgehead atoms. The first-order valence-corrected chi connectivity index (χ1v) is 9.14. The highest BCUT2D eigenvalue weighted by Crippen LogP contribution is 2.22. The number of carbonyl (C=O) groups excluding carboxylic acids is 1. The molecule has 6 nitrogen and oxygen atoms in total. The summed E-state index contributed by atoms with van der Waals surface area (Å²) in [6, 6.07) is 4.46. The van der Waals surface area contributed by atoms with Crippen molar-refractivity contribution in [1.29, 1.82) is 0 Å². The van der Waals surface area contributed by atoms with E-state index in [0.29, 0.717) is 5.96 Å². The van der Waals surface area contributed by atoms with Gasteiger partial charge in [0.15, 0.2) is 5.96 Å². The van der Waals surface area contributed by atoms with E-state index in [0.717, 1.165) is 13.1 Å². The highest BCUT2D eigenvalue weighted by Gasteiger charge is 2.16. The summed E-state index contributed by atoms with van der Waals surface area (Å²) in [5.74, 6) is 0.576. The zero-order valence-electron chi connectivity index (χ0n) is 15.6. The second kappa shape index (κ2) is 9.64. The van der Waals surface area contributed by atoms with Gasteiger partial charge in [0, 0.05) is 23.5 Å². The van der Waals surface area contributed by atoms with Gasteiger partial charge in [0.1, 0.15) is 6.54 Å². The molecule has 1 unspecified atom stereocenters. The van der Waals surface area contributed by atoms with Crippen LogP contribution >= 0.6 is 11.3 Å². The van der Waals surface area contributed by atoms with E-state index < -0.39 is 0 Å². The Balaban J connectivity index is 2.64. The number of hydrogen-bond acceptors (Lipinski definition) is 4. The van der Waals surface area contributed by atoms with Crippen molar-refractivity contribution in [3.63, 3.8) is 0 Å². The Bertz CT molecular complexity index is 520. The van der Waals surface area contributed by atoms with E-state index in [2.05, 4.69) is 57.5 Å². The number of guanidine groups is 1. The van der Waals surface area contributed by atoms with Crippen LogP contribution in [0, 0.1) is 0 Å². The Kier molecular flexibility index (Phi) is 8.21. The molecule has 1 amide bonds. The molecule has 24 heavy (non-hydrogen) atoms. The van der Waals surface area contributed by atoms with Gasteiger partial charge in [0.25, 0.3) is 0 Å². The van der Waals surface area contributed by atoms with Gasteiger partial charge >= 0.3 is 0 Å². The lowest BCUT2D eigenvalue weighted by Crippen LogP contribution is -2.44. The lowest BCUT2D eigenvalue weighted by Gasteiger charge is -2.24. The Hall–Kier alpha value is -1.60. The number of nitrogens with one attached hydrogen (secondary N) is 3. The predicted molar refractivity (Wildman–Crippen MR) is 103 cm³/mol. The van der Waals surface area contributed by atoms with Crippen LogP contribution in [0.1, 0.15) is 38.6 Å². The van der Waals surface area contributed by atoms with Crippen molar-refractivity contribution in [1.82, 2.24) is 20.9 Å². The van der Waals surface area contributed by atoms with Gasteiger partial charge in [-0.25, -0.2) is 4.99 Å². The first kappa shape index (κ1) is 20.4. The second-order valence-corrected chi connectivity index (χ2v) is 7.85. The van der Waals surface area contributed by atoms with Gasteiger partial charge in [-0.15, -0.1) is 11.3 Å². The van der Waals surface area contributed by atoms with Crippen molar-refractivity contribution in [2.24, 2.45) is 4.99 Å². The summed E-state index contributed by atoms with van der Waals surface area (Å²) in [7, 11) is 4.12. The van der Waals surface area contributed by atoms with E-state index in [1.807, 2.05) is 27.7 Å². The Morgan fingerprint density at radius 2 is 2.04 bits per heavy atom. The minimum atomic E-state index is -0.242. The molecule has 0 spiro atoms. The highest BCUT2D eigenvalue weighted by molar-refractivity contribution is 7.10. The van der Waals surface area contributed by atoms with Crippen LogP contribution in [0.2, 0.25) is 0 Å². The molecule has 0 aromatic carbocycles. The summed E-state index contributed by atoms with van der Waals surface area (Å²) in [6.45, 7) is 9.47. The fraction of sp³-hybridized carbons (Fsp3) is 0.647. The maximum Gasteiger partial charge on any atom is 0.242 e. The van der Waals surface area contributed by atoms with Crippen LogP contribution in [0.4, 0.5) is 0 Å². The average Bonchev–Trinajstić information content (AvgIpc) is 2.96. The number of nitrogens with zero attached hydrogens (tertiary/aromatic N) is 2. The third-order valence-electron chi connectivity index (χ3n) is 3.20. The standard InChI is InChI=1S/C17H31N5OS/c1-7-18-16(20-12-15(23)21-17(2,3)4)19-11-13(22(5)6)14-9-8-10-24-14/h8-10,13H,7,11-12H2,1-6H3,(H,21,23)(H2,18,19,20). The summed E-state index contributed by atoms with van der Waals surface area (Å²) in [4.78, 5) is 19.8. The minimum Gasteiger partial charge on any atom is -0.357 e. The van der Waals surface area contributed by atoms with Crippen LogP contribution in [-0.2, 0) is 4.79 Å². The molecule has 0 aliphatic rings. The van der Waals surface area contributed by atoms with Crippen LogP contribution in [0.5, 0.6) is 0 Å². The summed E-state index contributed by atoms with van der Waals surface area (Å²) in [5, 5.41) is 11.5. The third-order valence-corrected chi connectivity index (χ3v) is 4.17. The molecule has 1 heterocycles. The van der Waals surface area contributed by atoms with Crippen molar-refractivity contribution in [3.05, 3.63) is 22.4 Å². The molecule has 0 aliphatic carbocycles. The van der Waals surface area contributed by atoms with E-state index in [1.54, 1.807) is 11.3 Å². The summed E-state index contributed by atoms with van der Waals surface area (Å²) >= 11 is 1.74. The molecular formula is C17H31N5OS. The maximum absolute atomic E-state index is 11.9. The normalized spacial score (nSPS) is 13.7. The number of carbonyl (C=O) groups is 1. The van der Waals surface area contributed by atoms with Gasteiger partial charge in [-0.1, -0.05) is 6.07 Å². The average molecular weight is 354 g/mol. The first-order chi connectivity index (χ1) is 11.2. The monoisotopic (exact) mass is 353 g/mol. The van der Waals surface area contributed by atoms with Crippen molar-refractivity contribution in [2.75, 3.05) is 33.7 Å². The number of thiophene rings is 1. The molecule has 0 radical (unpaired) electrons. The van der Waals surface area contributed by atoms with Crippen LogP contribution in [0.3, 0.4) is 0 Å². The fourth-order valence-electron chi connectivity index (χ4n) is 2.16. The largest absolute Gasteiger partial charge is 0.357 e. The van der Waals surface area contributed by atoms with Crippen molar-refractivity contribution >= 4 is 23.2 Å². The third kappa shape index (κ3) is 7.79. The van der Waals surface area contributed by atoms with Crippen LogP contribution in [-0.4, -0.2) is 56.0 Å².